The third-order valence-corrected chi connectivity index (χ3v) is 1.92. The van der Waals surface area contributed by atoms with Gasteiger partial charge in [-0.25, -0.2) is 4.79 Å². The standard InChI is InChI=1S/C10H9NO3/c1-6-3-4-8(13-6)5-9-7(2)11-14-10(9)12/h3-5H,1-2H3/b9-5-. The second kappa shape index (κ2) is 3.14. The minimum atomic E-state index is -0.434. The van der Waals surface area contributed by atoms with Crippen molar-refractivity contribution >= 4 is 17.8 Å². The third-order valence-electron chi connectivity index (χ3n) is 1.92. The molecule has 0 fully saturated rings. The highest BCUT2D eigenvalue weighted by Crippen LogP contribution is 2.16. The van der Waals surface area contributed by atoms with Gasteiger partial charge in [0.15, 0.2) is 0 Å². The van der Waals surface area contributed by atoms with E-state index in [0.29, 0.717) is 17.0 Å². The maximum absolute atomic E-state index is 11.1. The highest BCUT2D eigenvalue weighted by Gasteiger charge is 2.22. The number of nitrogens with zero attached hydrogens (tertiary/aromatic N) is 1. The number of hydrogen-bond donors (Lipinski definition) is 0. The number of carbonyl (C=O) groups is 1. The lowest BCUT2D eigenvalue weighted by atomic mass is 10.1. The van der Waals surface area contributed by atoms with Crippen molar-refractivity contribution in [2.24, 2.45) is 5.16 Å². The van der Waals surface area contributed by atoms with Crippen LogP contribution in [0.3, 0.4) is 0 Å². The predicted molar refractivity (Wildman–Crippen MR) is 50.6 cm³/mol. The molecule has 1 aliphatic rings. The minimum absolute atomic E-state index is 0.434. The van der Waals surface area contributed by atoms with Crippen LogP contribution in [0.15, 0.2) is 27.3 Å². The molecule has 0 amide bonds. The third kappa shape index (κ3) is 1.46. The Morgan fingerprint density at radius 1 is 1.36 bits per heavy atom. The molecule has 1 aromatic rings. The normalized spacial score (nSPS) is 18.6. The first-order valence-corrected chi connectivity index (χ1v) is 4.21. The van der Waals surface area contributed by atoms with Gasteiger partial charge in [0, 0.05) is 0 Å². The Hall–Kier alpha value is -1.84. The van der Waals surface area contributed by atoms with E-state index < -0.39 is 5.97 Å². The summed E-state index contributed by atoms with van der Waals surface area (Å²) in [6.45, 7) is 3.56. The molecular weight excluding hydrogens is 182 g/mol. The monoisotopic (exact) mass is 191 g/mol. The van der Waals surface area contributed by atoms with Crippen LogP contribution in [0.5, 0.6) is 0 Å². The van der Waals surface area contributed by atoms with E-state index in [1.807, 2.05) is 13.0 Å². The summed E-state index contributed by atoms with van der Waals surface area (Å²) in [6, 6.07) is 3.63. The van der Waals surface area contributed by atoms with Crippen LogP contribution in [0.25, 0.3) is 6.08 Å². The Labute approximate surface area is 80.8 Å². The first-order chi connectivity index (χ1) is 6.66. The second-order valence-corrected chi connectivity index (χ2v) is 3.06. The number of aryl methyl sites for hydroxylation is 1. The Kier molecular flexibility index (Phi) is 1.96. The molecule has 0 bridgehead atoms. The summed E-state index contributed by atoms with van der Waals surface area (Å²) in [7, 11) is 0. The van der Waals surface area contributed by atoms with Crippen molar-refractivity contribution < 1.29 is 14.0 Å². The van der Waals surface area contributed by atoms with Gasteiger partial charge in [-0.3, -0.25) is 0 Å². The fourth-order valence-electron chi connectivity index (χ4n) is 1.19. The summed E-state index contributed by atoms with van der Waals surface area (Å²) in [4.78, 5) is 15.6. The molecule has 0 unspecified atom stereocenters. The summed E-state index contributed by atoms with van der Waals surface area (Å²) < 4.78 is 5.30. The van der Waals surface area contributed by atoms with E-state index in [1.54, 1.807) is 19.1 Å². The van der Waals surface area contributed by atoms with E-state index in [0.717, 1.165) is 5.76 Å². The molecule has 0 aliphatic carbocycles. The van der Waals surface area contributed by atoms with Gasteiger partial charge in [0.1, 0.15) is 11.5 Å². The lowest BCUT2D eigenvalue weighted by Crippen LogP contribution is -2.01. The van der Waals surface area contributed by atoms with E-state index in [1.165, 1.54) is 0 Å². The molecule has 2 rings (SSSR count). The van der Waals surface area contributed by atoms with E-state index in [4.69, 9.17) is 4.42 Å². The molecule has 1 aromatic heterocycles. The highest BCUT2D eigenvalue weighted by molar-refractivity contribution is 6.24. The van der Waals surface area contributed by atoms with Crippen LogP contribution in [-0.2, 0) is 9.63 Å². The van der Waals surface area contributed by atoms with E-state index in [-0.39, 0.29) is 0 Å². The molecule has 4 nitrogen and oxygen atoms in total. The van der Waals surface area contributed by atoms with Crippen LogP contribution >= 0.6 is 0 Å². The fraction of sp³-hybridized carbons (Fsp3) is 0.200. The zero-order chi connectivity index (χ0) is 10.1. The van der Waals surface area contributed by atoms with E-state index >= 15 is 0 Å². The molecule has 1 aliphatic heterocycles. The fourth-order valence-corrected chi connectivity index (χ4v) is 1.19. The van der Waals surface area contributed by atoms with Crippen LogP contribution in [0.4, 0.5) is 0 Å². The number of oxime groups is 1. The maximum Gasteiger partial charge on any atom is 0.367 e. The molecule has 72 valence electrons. The molecule has 0 saturated heterocycles. The summed E-state index contributed by atoms with van der Waals surface area (Å²) in [6.07, 6.45) is 1.63. The average Bonchev–Trinajstić information content (AvgIpc) is 2.67. The quantitative estimate of drug-likeness (QED) is 0.503. The van der Waals surface area contributed by atoms with Crippen molar-refractivity contribution in [3.05, 3.63) is 29.2 Å². The van der Waals surface area contributed by atoms with Crippen LogP contribution in [-0.4, -0.2) is 11.7 Å². The molecule has 0 spiro atoms. The molecule has 2 heterocycles. The smallest absolute Gasteiger partial charge is 0.367 e. The zero-order valence-electron chi connectivity index (χ0n) is 7.90. The average molecular weight is 191 g/mol. The van der Waals surface area contributed by atoms with E-state index in [2.05, 4.69) is 9.99 Å². The molecule has 0 aromatic carbocycles. The topological polar surface area (TPSA) is 51.8 Å². The number of rotatable bonds is 1. The number of carbonyl (C=O) groups excluding carboxylic acids is 1. The maximum atomic E-state index is 11.1. The molecule has 0 saturated carbocycles. The van der Waals surface area contributed by atoms with Gasteiger partial charge >= 0.3 is 5.97 Å². The highest BCUT2D eigenvalue weighted by atomic mass is 16.7. The van der Waals surface area contributed by atoms with Gasteiger partial charge in [-0.2, -0.15) is 0 Å². The minimum Gasteiger partial charge on any atom is -0.462 e. The number of hydrogen-bond acceptors (Lipinski definition) is 4. The van der Waals surface area contributed by atoms with Gasteiger partial charge < -0.3 is 9.25 Å². The summed E-state index contributed by atoms with van der Waals surface area (Å²) in [5.41, 5.74) is 1.02. The number of furan rings is 1. The predicted octanol–water partition coefficient (Wildman–Crippen LogP) is 1.90. The Morgan fingerprint density at radius 2 is 2.14 bits per heavy atom. The van der Waals surface area contributed by atoms with Crippen molar-refractivity contribution in [3.63, 3.8) is 0 Å². The molecule has 4 heteroatoms. The molecule has 14 heavy (non-hydrogen) atoms. The van der Waals surface area contributed by atoms with Gasteiger partial charge in [-0.05, 0) is 32.1 Å². The van der Waals surface area contributed by atoms with Crippen molar-refractivity contribution in [1.82, 2.24) is 0 Å². The van der Waals surface area contributed by atoms with Crippen molar-refractivity contribution in [2.75, 3.05) is 0 Å². The lowest BCUT2D eigenvalue weighted by Gasteiger charge is -1.90. The van der Waals surface area contributed by atoms with Crippen LogP contribution in [0.1, 0.15) is 18.4 Å². The Morgan fingerprint density at radius 3 is 2.64 bits per heavy atom. The molecule has 0 atom stereocenters. The Bertz CT molecular complexity index is 440. The first-order valence-electron chi connectivity index (χ1n) is 4.21. The Balaban J connectivity index is 2.35. The largest absolute Gasteiger partial charge is 0.462 e. The molecule has 0 radical (unpaired) electrons. The van der Waals surface area contributed by atoms with Crippen molar-refractivity contribution in [1.29, 1.82) is 0 Å². The van der Waals surface area contributed by atoms with E-state index in [9.17, 15) is 4.79 Å². The SMILES string of the molecule is CC1=NOC(=O)/C1=C\c1ccc(C)o1. The first kappa shape index (κ1) is 8.74. The van der Waals surface area contributed by atoms with Crippen LogP contribution in [0, 0.1) is 6.92 Å². The second-order valence-electron chi connectivity index (χ2n) is 3.06. The van der Waals surface area contributed by atoms with Crippen molar-refractivity contribution in [2.45, 2.75) is 13.8 Å². The van der Waals surface area contributed by atoms with Crippen molar-refractivity contribution in [3.8, 4) is 0 Å². The van der Waals surface area contributed by atoms with Gasteiger partial charge in [0.25, 0.3) is 0 Å². The molecule has 0 N–H and O–H groups in total. The van der Waals surface area contributed by atoms with Crippen LogP contribution in [0.2, 0.25) is 0 Å². The summed E-state index contributed by atoms with van der Waals surface area (Å²) in [5.74, 6) is 1.00. The molecular formula is C10H9NO3. The summed E-state index contributed by atoms with van der Waals surface area (Å²) in [5, 5.41) is 3.56. The van der Waals surface area contributed by atoms with Crippen LogP contribution < -0.4 is 0 Å². The van der Waals surface area contributed by atoms with Gasteiger partial charge in [0.2, 0.25) is 0 Å². The van der Waals surface area contributed by atoms with Gasteiger partial charge in [-0.1, -0.05) is 5.16 Å². The lowest BCUT2D eigenvalue weighted by molar-refractivity contribution is -0.136. The zero-order valence-corrected chi connectivity index (χ0v) is 7.90. The van der Waals surface area contributed by atoms with Gasteiger partial charge in [0.05, 0.1) is 11.3 Å². The summed E-state index contributed by atoms with van der Waals surface area (Å²) >= 11 is 0. The van der Waals surface area contributed by atoms with Gasteiger partial charge in [-0.15, -0.1) is 0 Å².